The summed E-state index contributed by atoms with van der Waals surface area (Å²) in [6.07, 6.45) is 1.42. The Morgan fingerprint density at radius 1 is 1.38 bits per heavy atom. The van der Waals surface area contributed by atoms with E-state index in [-0.39, 0.29) is 11.7 Å². The largest absolute Gasteiger partial charge is 0.507 e. The molecule has 0 saturated carbocycles. The van der Waals surface area contributed by atoms with Crippen molar-refractivity contribution in [2.75, 3.05) is 0 Å². The summed E-state index contributed by atoms with van der Waals surface area (Å²) in [5, 5.41) is 13.8. The molecule has 0 unspecified atom stereocenters. The fraction of sp³-hybridized carbons (Fsp3) is 0.0667. The topological polar surface area (TPSA) is 61.7 Å². The van der Waals surface area contributed by atoms with Crippen molar-refractivity contribution in [2.24, 2.45) is 5.10 Å². The predicted molar refractivity (Wildman–Crippen MR) is 94.8 cm³/mol. The number of hydrazone groups is 1. The van der Waals surface area contributed by atoms with Gasteiger partial charge < -0.3 is 5.11 Å². The normalized spacial score (nSPS) is 10.8. The Morgan fingerprint density at radius 2 is 2.14 bits per heavy atom. The van der Waals surface area contributed by atoms with Crippen LogP contribution in [0, 0.1) is 10.5 Å². The Bertz CT molecular complexity index is 717. The Morgan fingerprint density at radius 3 is 2.86 bits per heavy atom. The van der Waals surface area contributed by atoms with Gasteiger partial charge in [-0.05, 0) is 65.4 Å². The number of nitrogens with one attached hydrogen (secondary N) is 1. The van der Waals surface area contributed by atoms with Gasteiger partial charge in [0.15, 0.2) is 0 Å². The van der Waals surface area contributed by atoms with Gasteiger partial charge in [-0.1, -0.05) is 22.0 Å². The van der Waals surface area contributed by atoms with Crippen molar-refractivity contribution < 1.29 is 9.90 Å². The minimum Gasteiger partial charge on any atom is -0.507 e. The number of hydrogen-bond acceptors (Lipinski definition) is 3. The van der Waals surface area contributed by atoms with E-state index in [4.69, 9.17) is 0 Å². The van der Waals surface area contributed by atoms with Gasteiger partial charge >= 0.3 is 0 Å². The van der Waals surface area contributed by atoms with Gasteiger partial charge in [-0.25, -0.2) is 5.43 Å². The molecule has 0 saturated heterocycles. The average molecular weight is 459 g/mol. The molecule has 0 aliphatic carbocycles. The molecule has 0 heterocycles. The lowest BCUT2D eigenvalue weighted by Gasteiger charge is -2.04. The Balaban J connectivity index is 2.11. The first-order valence-electron chi connectivity index (χ1n) is 6.05. The summed E-state index contributed by atoms with van der Waals surface area (Å²) in [5.41, 5.74) is 4.24. The third-order valence-corrected chi connectivity index (χ3v) is 3.88. The molecule has 2 N–H and O–H groups in total. The molecule has 2 aromatic rings. The van der Waals surface area contributed by atoms with Crippen LogP contribution in [-0.4, -0.2) is 17.2 Å². The van der Waals surface area contributed by atoms with Crippen molar-refractivity contribution in [1.82, 2.24) is 5.43 Å². The quantitative estimate of drug-likeness (QED) is 0.417. The molecule has 0 aliphatic heterocycles. The first-order chi connectivity index (χ1) is 9.97. The molecule has 2 aromatic carbocycles. The molecule has 0 aliphatic rings. The van der Waals surface area contributed by atoms with Crippen molar-refractivity contribution in [3.8, 4) is 5.75 Å². The molecule has 1 amide bonds. The van der Waals surface area contributed by atoms with E-state index >= 15 is 0 Å². The SMILES string of the molecule is Cc1cc(Br)cc(/C=N/NC(=O)c2cccc(I)c2)c1O. The summed E-state index contributed by atoms with van der Waals surface area (Å²) in [6, 6.07) is 10.7. The van der Waals surface area contributed by atoms with Crippen LogP contribution < -0.4 is 5.43 Å². The molecule has 0 aromatic heterocycles. The van der Waals surface area contributed by atoms with Crippen LogP contribution in [0.2, 0.25) is 0 Å². The van der Waals surface area contributed by atoms with E-state index in [9.17, 15) is 9.90 Å². The Hall–Kier alpha value is -1.41. The first kappa shape index (κ1) is 16.0. The fourth-order valence-electron chi connectivity index (χ4n) is 1.71. The highest BCUT2D eigenvalue weighted by Gasteiger charge is 2.06. The number of amides is 1. The lowest BCUT2D eigenvalue weighted by atomic mass is 10.1. The van der Waals surface area contributed by atoms with E-state index < -0.39 is 0 Å². The molecule has 0 spiro atoms. The maximum atomic E-state index is 11.9. The fourth-order valence-corrected chi connectivity index (χ4v) is 2.85. The zero-order chi connectivity index (χ0) is 15.4. The highest BCUT2D eigenvalue weighted by molar-refractivity contribution is 14.1. The first-order valence-corrected chi connectivity index (χ1v) is 7.92. The van der Waals surface area contributed by atoms with Crippen LogP contribution in [0.5, 0.6) is 5.75 Å². The molecular weight excluding hydrogens is 447 g/mol. The molecule has 6 heteroatoms. The second-order valence-corrected chi connectivity index (χ2v) is 6.53. The smallest absolute Gasteiger partial charge is 0.271 e. The van der Waals surface area contributed by atoms with E-state index in [1.54, 1.807) is 31.2 Å². The minimum atomic E-state index is -0.295. The summed E-state index contributed by atoms with van der Waals surface area (Å²) >= 11 is 5.49. The van der Waals surface area contributed by atoms with Crippen LogP contribution in [0.25, 0.3) is 0 Å². The van der Waals surface area contributed by atoms with Crippen LogP contribution in [0.4, 0.5) is 0 Å². The summed E-state index contributed by atoms with van der Waals surface area (Å²) in [4.78, 5) is 11.9. The molecule has 108 valence electrons. The maximum Gasteiger partial charge on any atom is 0.271 e. The number of rotatable bonds is 3. The third kappa shape index (κ3) is 4.28. The number of nitrogens with zero attached hydrogens (tertiary/aromatic N) is 1. The molecule has 0 bridgehead atoms. The number of phenolic OH excluding ortho intramolecular Hbond substituents is 1. The van der Waals surface area contributed by atoms with Gasteiger partial charge in [0.2, 0.25) is 0 Å². The lowest BCUT2D eigenvalue weighted by Crippen LogP contribution is -2.17. The molecule has 0 fully saturated rings. The third-order valence-electron chi connectivity index (χ3n) is 2.75. The lowest BCUT2D eigenvalue weighted by molar-refractivity contribution is 0.0955. The van der Waals surface area contributed by atoms with Gasteiger partial charge in [-0.2, -0.15) is 5.10 Å². The molecule has 0 radical (unpaired) electrons. The Labute approximate surface area is 144 Å². The van der Waals surface area contributed by atoms with Crippen LogP contribution in [0.15, 0.2) is 46.0 Å². The van der Waals surface area contributed by atoms with Gasteiger partial charge in [-0.15, -0.1) is 0 Å². The van der Waals surface area contributed by atoms with E-state index in [0.717, 1.165) is 13.6 Å². The van der Waals surface area contributed by atoms with Gasteiger partial charge in [0.25, 0.3) is 5.91 Å². The van der Waals surface area contributed by atoms with E-state index in [1.807, 2.05) is 12.1 Å². The molecule has 4 nitrogen and oxygen atoms in total. The summed E-state index contributed by atoms with van der Waals surface area (Å²) in [7, 11) is 0. The van der Waals surface area contributed by atoms with E-state index in [1.165, 1.54) is 6.21 Å². The number of carbonyl (C=O) groups excluding carboxylic acids is 1. The van der Waals surface area contributed by atoms with Gasteiger partial charge in [-0.3, -0.25) is 4.79 Å². The zero-order valence-corrected chi connectivity index (χ0v) is 14.8. The maximum absolute atomic E-state index is 11.9. The highest BCUT2D eigenvalue weighted by atomic mass is 127. The van der Waals surface area contributed by atoms with Gasteiger partial charge in [0.1, 0.15) is 5.75 Å². The van der Waals surface area contributed by atoms with Gasteiger partial charge in [0.05, 0.1) is 6.21 Å². The summed E-state index contributed by atoms with van der Waals surface area (Å²) in [5.74, 6) is -0.151. The number of phenols is 1. The summed E-state index contributed by atoms with van der Waals surface area (Å²) < 4.78 is 1.81. The summed E-state index contributed by atoms with van der Waals surface area (Å²) in [6.45, 7) is 1.79. The highest BCUT2D eigenvalue weighted by Crippen LogP contribution is 2.25. The number of aromatic hydroxyl groups is 1. The van der Waals surface area contributed by atoms with Crippen LogP contribution in [0.1, 0.15) is 21.5 Å². The van der Waals surface area contributed by atoms with Crippen LogP contribution in [-0.2, 0) is 0 Å². The zero-order valence-electron chi connectivity index (χ0n) is 11.1. The molecular formula is C15H12BrIN2O2. The number of hydrogen-bond donors (Lipinski definition) is 2. The molecule has 2 rings (SSSR count). The van der Waals surface area contributed by atoms with Crippen LogP contribution >= 0.6 is 38.5 Å². The second-order valence-electron chi connectivity index (χ2n) is 4.37. The minimum absolute atomic E-state index is 0.144. The molecule has 21 heavy (non-hydrogen) atoms. The van der Waals surface area contributed by atoms with Crippen molar-refractivity contribution in [3.05, 3.63) is 61.1 Å². The van der Waals surface area contributed by atoms with Crippen molar-refractivity contribution in [1.29, 1.82) is 0 Å². The van der Waals surface area contributed by atoms with Crippen molar-refractivity contribution >= 4 is 50.6 Å². The van der Waals surface area contributed by atoms with Crippen molar-refractivity contribution in [2.45, 2.75) is 6.92 Å². The van der Waals surface area contributed by atoms with Crippen LogP contribution in [0.3, 0.4) is 0 Å². The molecule has 0 atom stereocenters. The second kappa shape index (κ2) is 7.04. The standard InChI is InChI=1S/C15H12BrIN2O2/c1-9-5-12(16)6-11(14(9)20)8-18-19-15(21)10-3-2-4-13(17)7-10/h2-8,20H,1H3,(H,19,21)/b18-8+. The van der Waals surface area contributed by atoms with E-state index in [2.05, 4.69) is 49.0 Å². The Kier molecular flexibility index (Phi) is 5.35. The average Bonchev–Trinajstić information content (AvgIpc) is 2.43. The van der Waals surface area contributed by atoms with E-state index in [0.29, 0.717) is 11.1 Å². The predicted octanol–water partition coefficient (Wildman–Crippen LogP) is 3.83. The number of aryl methyl sites for hydroxylation is 1. The monoisotopic (exact) mass is 458 g/mol. The van der Waals surface area contributed by atoms with Gasteiger partial charge in [0, 0.05) is 19.2 Å². The van der Waals surface area contributed by atoms with Crippen molar-refractivity contribution in [3.63, 3.8) is 0 Å². The number of halogens is 2. The number of benzene rings is 2. The number of carbonyl (C=O) groups is 1.